The lowest BCUT2D eigenvalue weighted by Gasteiger charge is -2.30. The van der Waals surface area contributed by atoms with E-state index >= 15 is 0 Å². The highest BCUT2D eigenvalue weighted by atomic mass is 16.5. The maximum atomic E-state index is 13.6. The van der Waals surface area contributed by atoms with E-state index in [2.05, 4.69) is 34.7 Å². The first-order valence-corrected chi connectivity index (χ1v) is 15.4. The summed E-state index contributed by atoms with van der Waals surface area (Å²) in [5.41, 5.74) is 2.05. The van der Waals surface area contributed by atoms with Crippen LogP contribution < -0.4 is 20.7 Å². The van der Waals surface area contributed by atoms with Crippen molar-refractivity contribution >= 4 is 11.8 Å². The van der Waals surface area contributed by atoms with Crippen LogP contribution >= 0.6 is 0 Å². The Morgan fingerprint density at radius 3 is 2.26 bits per heavy atom. The molecule has 0 bridgehead atoms. The van der Waals surface area contributed by atoms with E-state index in [1.807, 2.05) is 54.6 Å². The molecule has 2 aromatic carbocycles. The molecule has 2 atom stereocenters. The van der Waals surface area contributed by atoms with Gasteiger partial charge >= 0.3 is 0 Å². The highest BCUT2D eigenvalue weighted by Gasteiger charge is 2.29. The second-order valence-corrected chi connectivity index (χ2v) is 11.7. The van der Waals surface area contributed by atoms with Crippen molar-refractivity contribution in [2.75, 3.05) is 52.6 Å². The van der Waals surface area contributed by atoms with Gasteiger partial charge in [-0.05, 0) is 48.4 Å². The number of amides is 2. The summed E-state index contributed by atoms with van der Waals surface area (Å²) in [5.74, 6) is 0.787. The standard InChI is InChI=1S/C33H48N4O5/c1-25(2)22-30(35-28-12-18-40-19-13-28)33(39)36-31(32(38)34-14-15-37-16-20-41-21-17-37)23-26-8-10-29(11-9-26)42-24-27-6-4-3-5-7-27/h3-11,25,28,30-31,35H,12-24H2,1-2H3,(H,34,38)(H,36,39)/t30-,31-/m0/s1. The van der Waals surface area contributed by atoms with Crippen LogP contribution in [0.1, 0.15) is 44.2 Å². The number of carbonyl (C=O) groups excluding carboxylic acids is 2. The lowest BCUT2D eigenvalue weighted by molar-refractivity contribution is -0.130. The van der Waals surface area contributed by atoms with Crippen LogP contribution in [0.5, 0.6) is 5.75 Å². The number of benzene rings is 2. The van der Waals surface area contributed by atoms with E-state index in [4.69, 9.17) is 14.2 Å². The quantitative estimate of drug-likeness (QED) is 0.298. The number of carbonyl (C=O) groups is 2. The molecule has 2 aromatic rings. The summed E-state index contributed by atoms with van der Waals surface area (Å²) in [4.78, 5) is 29.4. The molecule has 9 heteroatoms. The van der Waals surface area contributed by atoms with E-state index in [9.17, 15) is 9.59 Å². The van der Waals surface area contributed by atoms with E-state index in [1.54, 1.807) is 0 Å². The van der Waals surface area contributed by atoms with Gasteiger partial charge in [-0.15, -0.1) is 0 Å². The molecule has 2 saturated heterocycles. The molecule has 2 amide bonds. The van der Waals surface area contributed by atoms with Crippen LogP contribution in [0.15, 0.2) is 54.6 Å². The first kappa shape index (κ1) is 31.9. The van der Waals surface area contributed by atoms with E-state index in [0.29, 0.717) is 45.1 Å². The Balaban J connectivity index is 1.39. The molecule has 0 radical (unpaired) electrons. The Labute approximate surface area is 250 Å². The number of morpholine rings is 1. The number of hydrogen-bond acceptors (Lipinski definition) is 7. The summed E-state index contributed by atoms with van der Waals surface area (Å²) in [6, 6.07) is 17.0. The third-order valence-corrected chi connectivity index (χ3v) is 7.76. The monoisotopic (exact) mass is 580 g/mol. The number of nitrogens with zero attached hydrogens (tertiary/aromatic N) is 1. The van der Waals surface area contributed by atoms with Gasteiger partial charge in [0, 0.05) is 51.9 Å². The molecule has 0 saturated carbocycles. The van der Waals surface area contributed by atoms with Gasteiger partial charge in [0.25, 0.3) is 0 Å². The molecule has 230 valence electrons. The zero-order chi connectivity index (χ0) is 29.6. The first-order chi connectivity index (χ1) is 20.5. The second-order valence-electron chi connectivity index (χ2n) is 11.7. The average molecular weight is 581 g/mol. The SMILES string of the molecule is CC(C)C[C@H](NC1CCOCC1)C(=O)N[C@@H](Cc1ccc(OCc2ccccc2)cc1)C(=O)NCCN1CCOCC1. The molecule has 0 aliphatic carbocycles. The topological polar surface area (TPSA) is 101 Å². The summed E-state index contributed by atoms with van der Waals surface area (Å²) in [5, 5.41) is 9.73. The van der Waals surface area contributed by atoms with Gasteiger partial charge < -0.3 is 30.2 Å². The van der Waals surface area contributed by atoms with Crippen LogP contribution in [0.25, 0.3) is 0 Å². The molecule has 9 nitrogen and oxygen atoms in total. The Morgan fingerprint density at radius 2 is 1.57 bits per heavy atom. The zero-order valence-electron chi connectivity index (χ0n) is 25.2. The molecule has 2 aliphatic heterocycles. The van der Waals surface area contributed by atoms with E-state index in [0.717, 1.165) is 62.6 Å². The molecule has 0 aromatic heterocycles. The Morgan fingerprint density at radius 1 is 0.881 bits per heavy atom. The fraction of sp³-hybridized carbons (Fsp3) is 0.576. The Hall–Kier alpha value is -2.98. The van der Waals surface area contributed by atoms with E-state index in [-0.39, 0.29) is 23.9 Å². The Bertz CT molecular complexity index is 1070. The maximum absolute atomic E-state index is 13.6. The minimum Gasteiger partial charge on any atom is -0.489 e. The highest BCUT2D eigenvalue weighted by molar-refractivity contribution is 5.90. The minimum absolute atomic E-state index is 0.133. The predicted octanol–water partition coefficient (Wildman–Crippen LogP) is 2.92. The molecular weight excluding hydrogens is 532 g/mol. The van der Waals surface area contributed by atoms with Crippen molar-refractivity contribution in [1.29, 1.82) is 0 Å². The van der Waals surface area contributed by atoms with Crippen molar-refractivity contribution in [1.82, 2.24) is 20.9 Å². The van der Waals surface area contributed by atoms with Crippen LogP contribution in [0.4, 0.5) is 0 Å². The highest BCUT2D eigenvalue weighted by Crippen LogP contribution is 2.17. The maximum Gasteiger partial charge on any atom is 0.242 e. The van der Waals surface area contributed by atoms with Gasteiger partial charge in [0.15, 0.2) is 0 Å². The number of nitrogens with one attached hydrogen (secondary N) is 3. The van der Waals surface area contributed by atoms with Crippen molar-refractivity contribution in [2.45, 2.75) is 64.3 Å². The molecule has 0 spiro atoms. The molecule has 3 N–H and O–H groups in total. The zero-order valence-corrected chi connectivity index (χ0v) is 25.2. The third kappa shape index (κ3) is 11.0. The average Bonchev–Trinajstić information content (AvgIpc) is 3.01. The molecule has 2 fully saturated rings. The van der Waals surface area contributed by atoms with Gasteiger partial charge in [0.2, 0.25) is 11.8 Å². The first-order valence-electron chi connectivity index (χ1n) is 15.4. The lowest BCUT2D eigenvalue weighted by Crippen LogP contribution is -2.56. The predicted molar refractivity (Wildman–Crippen MR) is 163 cm³/mol. The number of rotatable bonds is 15. The fourth-order valence-electron chi connectivity index (χ4n) is 5.34. The molecular formula is C33H48N4O5. The summed E-state index contributed by atoms with van der Waals surface area (Å²) < 4.78 is 16.9. The van der Waals surface area contributed by atoms with Crippen LogP contribution in [-0.2, 0) is 32.1 Å². The van der Waals surface area contributed by atoms with Gasteiger partial charge in [0.1, 0.15) is 18.4 Å². The molecule has 42 heavy (non-hydrogen) atoms. The normalized spacial score (nSPS) is 17.9. The number of hydrogen-bond donors (Lipinski definition) is 3. The van der Waals surface area contributed by atoms with Gasteiger partial charge in [0.05, 0.1) is 19.3 Å². The van der Waals surface area contributed by atoms with Gasteiger partial charge in [-0.1, -0.05) is 56.3 Å². The summed E-state index contributed by atoms with van der Waals surface area (Å²) in [6.07, 6.45) is 2.85. The largest absolute Gasteiger partial charge is 0.489 e. The van der Waals surface area contributed by atoms with Gasteiger partial charge in [-0.2, -0.15) is 0 Å². The minimum atomic E-state index is -0.690. The third-order valence-electron chi connectivity index (χ3n) is 7.76. The van der Waals surface area contributed by atoms with E-state index < -0.39 is 6.04 Å². The molecule has 0 unspecified atom stereocenters. The van der Waals surface area contributed by atoms with Crippen LogP contribution in [0.2, 0.25) is 0 Å². The van der Waals surface area contributed by atoms with Crippen LogP contribution in [-0.4, -0.2) is 87.4 Å². The molecule has 4 rings (SSSR count). The smallest absolute Gasteiger partial charge is 0.242 e. The van der Waals surface area contributed by atoms with Crippen molar-refractivity contribution in [2.24, 2.45) is 5.92 Å². The van der Waals surface area contributed by atoms with Crippen molar-refractivity contribution in [3.63, 3.8) is 0 Å². The van der Waals surface area contributed by atoms with Crippen molar-refractivity contribution in [3.05, 3.63) is 65.7 Å². The Kier molecular flexibility index (Phi) is 13.1. The van der Waals surface area contributed by atoms with Crippen molar-refractivity contribution < 1.29 is 23.8 Å². The lowest BCUT2D eigenvalue weighted by atomic mass is 9.99. The van der Waals surface area contributed by atoms with Crippen LogP contribution in [0.3, 0.4) is 0 Å². The number of ether oxygens (including phenoxy) is 3. The summed E-state index contributed by atoms with van der Waals surface area (Å²) in [6.45, 7) is 10.6. The molecule has 2 heterocycles. The fourth-order valence-corrected chi connectivity index (χ4v) is 5.34. The summed E-state index contributed by atoms with van der Waals surface area (Å²) >= 11 is 0. The van der Waals surface area contributed by atoms with Crippen molar-refractivity contribution in [3.8, 4) is 5.75 Å². The van der Waals surface area contributed by atoms with E-state index in [1.165, 1.54) is 0 Å². The van der Waals surface area contributed by atoms with Gasteiger partial charge in [-0.3, -0.25) is 14.5 Å². The second kappa shape index (κ2) is 17.2. The van der Waals surface area contributed by atoms with Crippen LogP contribution in [0, 0.1) is 5.92 Å². The summed E-state index contributed by atoms with van der Waals surface area (Å²) in [7, 11) is 0. The van der Waals surface area contributed by atoms with Gasteiger partial charge in [-0.25, -0.2) is 0 Å². The molecule has 2 aliphatic rings.